The molecule has 0 spiro atoms. The third-order valence-corrected chi connectivity index (χ3v) is 4.78. The maximum Gasteiger partial charge on any atom is 0.325 e. The standard InChI is InChI=1S/C17H21ClN2O/c1-2-14-12-19(15-8-4-3-5-9-15)17(21)20(14)16-10-6-7-13(18)11-16/h2,6-7,10-11,14-15H,1,3-5,8-9,12H2. The molecular formula is C17H21ClN2O. The predicted molar refractivity (Wildman–Crippen MR) is 86.9 cm³/mol. The predicted octanol–water partition coefficient (Wildman–Crippen LogP) is 4.47. The molecular weight excluding hydrogens is 284 g/mol. The number of anilines is 1. The second kappa shape index (κ2) is 6.10. The first kappa shape index (κ1) is 14.5. The number of amides is 2. The van der Waals surface area contributed by atoms with Gasteiger partial charge in [-0.25, -0.2) is 4.79 Å². The summed E-state index contributed by atoms with van der Waals surface area (Å²) < 4.78 is 0. The van der Waals surface area contributed by atoms with Crippen LogP contribution in [0.25, 0.3) is 0 Å². The number of carbonyl (C=O) groups is 1. The number of benzene rings is 1. The van der Waals surface area contributed by atoms with Crippen molar-refractivity contribution in [3.63, 3.8) is 0 Å². The van der Waals surface area contributed by atoms with Crippen LogP contribution in [0.5, 0.6) is 0 Å². The van der Waals surface area contributed by atoms with E-state index in [0.717, 1.165) is 25.1 Å². The first-order chi connectivity index (χ1) is 10.2. The summed E-state index contributed by atoms with van der Waals surface area (Å²) in [7, 11) is 0. The molecule has 3 rings (SSSR count). The lowest BCUT2D eigenvalue weighted by Gasteiger charge is -2.30. The average Bonchev–Trinajstić information content (AvgIpc) is 2.85. The van der Waals surface area contributed by atoms with Crippen LogP contribution in [0.15, 0.2) is 36.9 Å². The number of rotatable bonds is 3. The van der Waals surface area contributed by atoms with E-state index in [0.29, 0.717) is 11.1 Å². The molecule has 1 atom stereocenters. The highest BCUT2D eigenvalue weighted by molar-refractivity contribution is 6.30. The zero-order chi connectivity index (χ0) is 14.8. The molecule has 0 aromatic heterocycles. The van der Waals surface area contributed by atoms with Gasteiger partial charge in [0.05, 0.1) is 6.04 Å². The van der Waals surface area contributed by atoms with E-state index in [4.69, 9.17) is 11.6 Å². The highest BCUT2D eigenvalue weighted by Crippen LogP contribution is 2.32. The lowest BCUT2D eigenvalue weighted by atomic mass is 9.94. The Morgan fingerprint density at radius 2 is 2.00 bits per heavy atom. The number of halogens is 1. The summed E-state index contributed by atoms with van der Waals surface area (Å²) in [6.07, 6.45) is 7.86. The van der Waals surface area contributed by atoms with Gasteiger partial charge in [0.2, 0.25) is 0 Å². The first-order valence-corrected chi connectivity index (χ1v) is 8.06. The summed E-state index contributed by atoms with van der Waals surface area (Å²) in [6.45, 7) is 4.64. The Hall–Kier alpha value is -1.48. The van der Waals surface area contributed by atoms with Crippen LogP contribution in [0.1, 0.15) is 32.1 Å². The van der Waals surface area contributed by atoms with Gasteiger partial charge in [0.15, 0.2) is 0 Å². The molecule has 4 heteroatoms. The van der Waals surface area contributed by atoms with Gasteiger partial charge in [0.1, 0.15) is 0 Å². The molecule has 1 aliphatic heterocycles. The van der Waals surface area contributed by atoms with Crippen LogP contribution in [-0.4, -0.2) is 29.6 Å². The number of urea groups is 1. The van der Waals surface area contributed by atoms with Gasteiger partial charge >= 0.3 is 6.03 Å². The van der Waals surface area contributed by atoms with E-state index in [-0.39, 0.29) is 12.1 Å². The molecule has 2 fully saturated rings. The Bertz CT molecular complexity index is 539. The fraction of sp³-hybridized carbons (Fsp3) is 0.471. The van der Waals surface area contributed by atoms with Gasteiger partial charge in [0.25, 0.3) is 0 Å². The van der Waals surface area contributed by atoms with Gasteiger partial charge in [-0.1, -0.05) is 43.0 Å². The number of hydrogen-bond donors (Lipinski definition) is 0. The molecule has 1 aromatic carbocycles. The summed E-state index contributed by atoms with van der Waals surface area (Å²) in [4.78, 5) is 16.7. The normalized spacial score (nSPS) is 23.7. The minimum absolute atomic E-state index is 0.0258. The average molecular weight is 305 g/mol. The molecule has 1 saturated heterocycles. The second-order valence-electron chi connectivity index (χ2n) is 5.88. The number of hydrogen-bond acceptors (Lipinski definition) is 1. The fourth-order valence-corrected chi connectivity index (χ4v) is 3.63. The van der Waals surface area contributed by atoms with E-state index in [2.05, 4.69) is 6.58 Å². The van der Waals surface area contributed by atoms with Crippen LogP contribution >= 0.6 is 11.6 Å². The zero-order valence-corrected chi connectivity index (χ0v) is 12.9. The highest BCUT2D eigenvalue weighted by Gasteiger charge is 2.40. The van der Waals surface area contributed by atoms with Gasteiger partial charge < -0.3 is 4.90 Å². The van der Waals surface area contributed by atoms with Crippen LogP contribution in [0, 0.1) is 0 Å². The van der Waals surface area contributed by atoms with E-state index in [1.807, 2.05) is 40.1 Å². The summed E-state index contributed by atoms with van der Waals surface area (Å²) >= 11 is 6.07. The Labute approximate surface area is 131 Å². The van der Waals surface area contributed by atoms with E-state index < -0.39 is 0 Å². The minimum atomic E-state index is 0.0258. The Morgan fingerprint density at radius 3 is 2.67 bits per heavy atom. The number of carbonyl (C=O) groups excluding carboxylic acids is 1. The van der Waals surface area contributed by atoms with Crippen LogP contribution < -0.4 is 4.90 Å². The van der Waals surface area contributed by atoms with Crippen LogP contribution in [0.3, 0.4) is 0 Å². The summed E-state index contributed by atoms with van der Waals surface area (Å²) in [5, 5.41) is 0.652. The smallest absolute Gasteiger partial charge is 0.319 e. The monoisotopic (exact) mass is 304 g/mol. The van der Waals surface area contributed by atoms with Crippen molar-refractivity contribution in [2.24, 2.45) is 0 Å². The van der Waals surface area contributed by atoms with Crippen molar-refractivity contribution in [3.05, 3.63) is 41.9 Å². The topological polar surface area (TPSA) is 23.6 Å². The summed E-state index contributed by atoms with van der Waals surface area (Å²) in [5.74, 6) is 0. The maximum absolute atomic E-state index is 12.8. The van der Waals surface area contributed by atoms with Gasteiger partial charge in [0, 0.05) is 23.3 Å². The van der Waals surface area contributed by atoms with Gasteiger partial charge in [-0.05, 0) is 31.0 Å². The zero-order valence-electron chi connectivity index (χ0n) is 12.2. The lowest BCUT2D eigenvalue weighted by molar-refractivity contribution is 0.181. The molecule has 1 heterocycles. The third kappa shape index (κ3) is 2.80. The molecule has 21 heavy (non-hydrogen) atoms. The Morgan fingerprint density at radius 1 is 1.24 bits per heavy atom. The van der Waals surface area contributed by atoms with Crippen LogP contribution in [0.2, 0.25) is 5.02 Å². The van der Waals surface area contributed by atoms with Crippen molar-refractivity contribution in [2.45, 2.75) is 44.2 Å². The molecule has 3 nitrogen and oxygen atoms in total. The molecule has 1 saturated carbocycles. The van der Waals surface area contributed by atoms with Crippen molar-refractivity contribution in [3.8, 4) is 0 Å². The molecule has 0 N–H and O–H groups in total. The molecule has 2 amide bonds. The third-order valence-electron chi connectivity index (χ3n) is 4.54. The van der Waals surface area contributed by atoms with Crippen molar-refractivity contribution >= 4 is 23.3 Å². The summed E-state index contributed by atoms with van der Waals surface area (Å²) in [5.41, 5.74) is 0.857. The Balaban J connectivity index is 1.86. The fourth-order valence-electron chi connectivity index (χ4n) is 3.45. The van der Waals surface area contributed by atoms with E-state index in [1.165, 1.54) is 19.3 Å². The lowest BCUT2D eigenvalue weighted by Crippen LogP contribution is -2.40. The summed E-state index contributed by atoms with van der Waals surface area (Å²) in [6, 6.07) is 8.00. The van der Waals surface area contributed by atoms with Crippen molar-refractivity contribution in [1.29, 1.82) is 0 Å². The maximum atomic E-state index is 12.8. The Kier molecular flexibility index (Phi) is 4.20. The van der Waals surface area contributed by atoms with Crippen LogP contribution in [0.4, 0.5) is 10.5 Å². The quantitative estimate of drug-likeness (QED) is 0.756. The van der Waals surface area contributed by atoms with Gasteiger partial charge in [-0.2, -0.15) is 0 Å². The highest BCUT2D eigenvalue weighted by atomic mass is 35.5. The molecule has 1 aliphatic carbocycles. The molecule has 112 valence electrons. The van der Waals surface area contributed by atoms with Crippen LogP contribution in [-0.2, 0) is 0 Å². The molecule has 0 radical (unpaired) electrons. The number of nitrogens with zero attached hydrogens (tertiary/aromatic N) is 2. The first-order valence-electron chi connectivity index (χ1n) is 7.68. The molecule has 0 bridgehead atoms. The van der Waals surface area contributed by atoms with E-state index in [1.54, 1.807) is 0 Å². The second-order valence-corrected chi connectivity index (χ2v) is 6.32. The van der Waals surface area contributed by atoms with Crippen molar-refractivity contribution in [2.75, 3.05) is 11.4 Å². The molecule has 1 unspecified atom stereocenters. The van der Waals surface area contributed by atoms with E-state index >= 15 is 0 Å². The van der Waals surface area contributed by atoms with Gasteiger partial charge in [-0.3, -0.25) is 4.90 Å². The minimum Gasteiger partial charge on any atom is -0.319 e. The van der Waals surface area contributed by atoms with Gasteiger partial charge in [-0.15, -0.1) is 6.58 Å². The van der Waals surface area contributed by atoms with Crippen molar-refractivity contribution in [1.82, 2.24) is 4.90 Å². The SMILES string of the molecule is C=CC1CN(C2CCCCC2)C(=O)N1c1cccc(Cl)c1. The largest absolute Gasteiger partial charge is 0.325 e. The van der Waals surface area contributed by atoms with E-state index in [9.17, 15) is 4.79 Å². The molecule has 2 aliphatic rings. The molecule has 1 aromatic rings. The van der Waals surface area contributed by atoms with Crippen molar-refractivity contribution < 1.29 is 4.79 Å².